The van der Waals surface area contributed by atoms with E-state index in [-0.39, 0.29) is 40.7 Å². The van der Waals surface area contributed by atoms with Crippen LogP contribution in [0.5, 0.6) is 0 Å². The van der Waals surface area contributed by atoms with E-state index in [4.69, 9.17) is 14.2 Å². The van der Waals surface area contributed by atoms with Crippen LogP contribution >= 0.6 is 0 Å². The molecule has 3 aliphatic rings. The number of Topliss-reactive ketones (excluding diaryl/α,β-unsaturated/α-hetero) is 3. The molecule has 0 saturated carbocycles. The third-order valence-corrected chi connectivity index (χ3v) is 11.4. The van der Waals surface area contributed by atoms with Gasteiger partial charge >= 0.3 is 5.97 Å². The summed E-state index contributed by atoms with van der Waals surface area (Å²) in [6.45, 7) is 21.3. The molecule has 10 heteroatoms. The van der Waals surface area contributed by atoms with E-state index >= 15 is 0 Å². The smallest absolute Gasteiger partial charge is 0.377 e. The third kappa shape index (κ3) is 13.9. The van der Waals surface area contributed by atoms with Crippen molar-refractivity contribution < 1.29 is 48.7 Å². The second-order valence-electron chi connectivity index (χ2n) is 17.6. The monoisotopic (exact) mass is 838 g/mol. The van der Waals surface area contributed by atoms with Crippen LogP contribution in [0.1, 0.15) is 95.4 Å². The van der Waals surface area contributed by atoms with E-state index < -0.39 is 48.3 Å². The number of hydrogen-bond donors (Lipinski definition) is 3. The molecule has 0 aromatic rings. The largest absolute Gasteiger partial charge is 0.505 e. The number of allylic oxidation sites excluding steroid dienone is 21. The molecule has 2 aliphatic carbocycles. The summed E-state index contributed by atoms with van der Waals surface area (Å²) < 4.78 is 15.6. The van der Waals surface area contributed by atoms with Crippen LogP contribution in [0, 0.1) is 16.7 Å². The van der Waals surface area contributed by atoms with Gasteiger partial charge in [-0.2, -0.15) is 0 Å². The zero-order valence-electron chi connectivity index (χ0n) is 38.0. The minimum absolute atomic E-state index is 0.0346. The Hall–Kier alpha value is -5.16. The number of ketones is 3. The number of aliphatic hydroxyl groups excluding tert-OH is 3. The van der Waals surface area contributed by atoms with Crippen LogP contribution in [0.25, 0.3) is 0 Å². The van der Waals surface area contributed by atoms with E-state index in [9.17, 15) is 34.5 Å². The molecule has 3 N–H and O–H groups in total. The quantitative estimate of drug-likeness (QED) is 0.0897. The average molecular weight is 839 g/mol. The Labute approximate surface area is 362 Å². The number of ether oxygens (including phenoxy) is 3. The van der Waals surface area contributed by atoms with Crippen LogP contribution in [0.4, 0.5) is 0 Å². The van der Waals surface area contributed by atoms with Crippen molar-refractivity contribution in [2.75, 3.05) is 13.7 Å². The number of cyclic esters (lactones) is 1. The predicted molar refractivity (Wildman–Crippen MR) is 240 cm³/mol. The molecule has 0 spiro atoms. The molecule has 1 aliphatic heterocycles. The first kappa shape index (κ1) is 50.2. The highest BCUT2D eigenvalue weighted by molar-refractivity contribution is 6.02. The van der Waals surface area contributed by atoms with Gasteiger partial charge in [-0.05, 0) is 94.4 Å². The van der Waals surface area contributed by atoms with Gasteiger partial charge in [-0.3, -0.25) is 14.4 Å². The summed E-state index contributed by atoms with van der Waals surface area (Å²) in [5.41, 5.74) is 7.09. The van der Waals surface area contributed by atoms with Gasteiger partial charge in [-0.1, -0.05) is 135 Å². The minimum Gasteiger partial charge on any atom is -0.505 e. The topological polar surface area (TPSA) is 157 Å². The van der Waals surface area contributed by atoms with Crippen LogP contribution in [0.15, 0.2) is 141 Å². The van der Waals surface area contributed by atoms with Crippen molar-refractivity contribution in [1.82, 2.24) is 0 Å². The SMILES string of the molecule is COC1CC(C)(C)C(/C=C/C(C)=C/C=C/C(C)=C/C=C/C=C(C)/C=C/C=C(C)/C=C/C2=C(C)C(=O)C(CC(=O)C(C)OC[C@H](O)[C@H]3OC(=O)C(O)=C3O)CC2(C)C)=C(C)C1=O. The zero-order chi connectivity index (χ0) is 45.8. The van der Waals surface area contributed by atoms with Gasteiger partial charge in [0.25, 0.3) is 0 Å². The second-order valence-corrected chi connectivity index (χ2v) is 17.6. The number of esters is 1. The van der Waals surface area contributed by atoms with Gasteiger partial charge < -0.3 is 29.5 Å². The minimum atomic E-state index is -1.50. The lowest BCUT2D eigenvalue weighted by atomic mass is 9.66. The maximum Gasteiger partial charge on any atom is 0.377 e. The average Bonchev–Trinajstić information content (AvgIpc) is 3.45. The van der Waals surface area contributed by atoms with Crippen molar-refractivity contribution in [2.24, 2.45) is 16.7 Å². The number of hydrogen-bond acceptors (Lipinski definition) is 10. The highest BCUT2D eigenvalue weighted by Gasteiger charge is 2.41. The normalized spacial score (nSPS) is 24.5. The summed E-state index contributed by atoms with van der Waals surface area (Å²) in [6, 6.07) is 0. The Bertz CT molecular complexity index is 2080. The molecule has 330 valence electrons. The van der Waals surface area contributed by atoms with Crippen LogP contribution in [-0.2, 0) is 33.4 Å². The number of methoxy groups -OCH3 is 1. The van der Waals surface area contributed by atoms with E-state index in [0.29, 0.717) is 18.4 Å². The van der Waals surface area contributed by atoms with Gasteiger partial charge in [0.2, 0.25) is 5.76 Å². The Morgan fingerprint density at radius 3 is 1.69 bits per heavy atom. The van der Waals surface area contributed by atoms with Gasteiger partial charge in [-0.15, -0.1) is 0 Å². The van der Waals surface area contributed by atoms with Crippen molar-refractivity contribution >= 4 is 23.3 Å². The van der Waals surface area contributed by atoms with E-state index in [1.165, 1.54) is 6.92 Å². The highest BCUT2D eigenvalue weighted by atomic mass is 16.6. The first-order valence-corrected chi connectivity index (χ1v) is 20.8. The summed E-state index contributed by atoms with van der Waals surface area (Å²) in [4.78, 5) is 50.6. The van der Waals surface area contributed by atoms with Crippen molar-refractivity contribution in [3.05, 3.63) is 141 Å². The Balaban J connectivity index is 1.52. The number of rotatable bonds is 18. The third-order valence-electron chi connectivity index (χ3n) is 11.4. The first-order valence-electron chi connectivity index (χ1n) is 20.8. The molecule has 0 bridgehead atoms. The molecular weight excluding hydrogens is 773 g/mol. The van der Waals surface area contributed by atoms with Crippen LogP contribution in [0.2, 0.25) is 0 Å². The molecule has 1 heterocycles. The summed E-state index contributed by atoms with van der Waals surface area (Å²) in [5, 5.41) is 29.5. The fourth-order valence-electron chi connectivity index (χ4n) is 7.70. The van der Waals surface area contributed by atoms with Crippen molar-refractivity contribution in [3.63, 3.8) is 0 Å². The fourth-order valence-corrected chi connectivity index (χ4v) is 7.70. The lowest BCUT2D eigenvalue weighted by molar-refractivity contribution is -0.151. The lowest BCUT2D eigenvalue weighted by Gasteiger charge is -2.37. The molecule has 0 amide bonds. The molecule has 0 aromatic heterocycles. The van der Waals surface area contributed by atoms with Crippen LogP contribution in [-0.4, -0.2) is 76.8 Å². The van der Waals surface area contributed by atoms with E-state index in [1.807, 2.05) is 95.4 Å². The summed E-state index contributed by atoms with van der Waals surface area (Å²) in [6.07, 6.45) is 25.1. The molecule has 0 aromatic carbocycles. The van der Waals surface area contributed by atoms with Gasteiger partial charge in [0.15, 0.2) is 29.2 Å². The van der Waals surface area contributed by atoms with Gasteiger partial charge in [0, 0.05) is 19.4 Å². The Morgan fingerprint density at radius 2 is 1.21 bits per heavy atom. The summed E-state index contributed by atoms with van der Waals surface area (Å²) in [5.74, 6) is -3.79. The van der Waals surface area contributed by atoms with Crippen molar-refractivity contribution in [2.45, 2.75) is 120 Å². The van der Waals surface area contributed by atoms with Gasteiger partial charge in [-0.25, -0.2) is 4.79 Å². The van der Waals surface area contributed by atoms with E-state index in [1.54, 1.807) is 14.0 Å². The second kappa shape index (κ2) is 22.1. The molecular formula is C51H66O10. The number of aliphatic hydroxyl groups is 3. The molecule has 0 saturated heterocycles. The number of carbonyl (C=O) groups excluding carboxylic acids is 4. The standard InChI is InChI=1S/C51H66O10/c1-31(17-13-14-18-32(2)20-16-22-34(4)24-26-40-36(6)45(55)43(59-12)29-51(40,10)11)19-15-21-33(3)23-25-39-35(5)44(54)38(28-50(39,8)9)27-41(52)37(7)60-30-42(53)48-46(56)47(57)49(58)61-48/h13-26,37-38,42-43,48,53,56-57H,27-30H2,1-12H3/b14-13+,19-15+,20-16+,25-23+,26-24+,31-17+,32-18+,33-21+,34-22+/t37?,38?,42-,43?,48+/m0/s1. The first-order chi connectivity index (χ1) is 28.5. The predicted octanol–water partition coefficient (Wildman–Crippen LogP) is 9.79. The van der Waals surface area contributed by atoms with E-state index in [2.05, 4.69) is 52.0 Å². The molecule has 3 rings (SSSR count). The van der Waals surface area contributed by atoms with Crippen LogP contribution in [0.3, 0.4) is 0 Å². The maximum atomic E-state index is 13.5. The molecule has 0 radical (unpaired) electrons. The molecule has 61 heavy (non-hydrogen) atoms. The van der Waals surface area contributed by atoms with Gasteiger partial charge in [0.1, 0.15) is 18.3 Å². The van der Waals surface area contributed by atoms with Crippen molar-refractivity contribution in [3.8, 4) is 0 Å². The van der Waals surface area contributed by atoms with Gasteiger partial charge in [0.05, 0.1) is 6.61 Å². The fraction of sp³-hybridized carbons (Fsp3) is 0.451. The zero-order valence-corrected chi connectivity index (χ0v) is 38.0. The molecule has 0 fully saturated rings. The highest BCUT2D eigenvalue weighted by Crippen LogP contribution is 2.44. The summed E-state index contributed by atoms with van der Waals surface area (Å²) >= 11 is 0. The molecule has 3 unspecified atom stereocenters. The number of carbonyl (C=O) groups is 4. The molecule has 5 atom stereocenters. The summed E-state index contributed by atoms with van der Waals surface area (Å²) in [7, 11) is 1.59. The van der Waals surface area contributed by atoms with Crippen molar-refractivity contribution in [1.29, 1.82) is 0 Å². The van der Waals surface area contributed by atoms with Crippen LogP contribution < -0.4 is 0 Å². The lowest BCUT2D eigenvalue weighted by Crippen LogP contribution is -2.37. The molecule has 10 nitrogen and oxygen atoms in total. The maximum absolute atomic E-state index is 13.5. The Kier molecular flexibility index (Phi) is 18.2. The Morgan fingerprint density at radius 1 is 0.754 bits per heavy atom. The van der Waals surface area contributed by atoms with E-state index in [0.717, 1.165) is 39.0 Å².